The van der Waals surface area contributed by atoms with Gasteiger partial charge in [0.15, 0.2) is 5.67 Å². The van der Waals surface area contributed by atoms with Gasteiger partial charge in [0.05, 0.1) is 6.04 Å². The smallest absolute Gasteiger partial charge is 0.220 e. The first-order chi connectivity index (χ1) is 9.71. The first-order valence-corrected chi connectivity index (χ1v) is 6.80. The van der Waals surface area contributed by atoms with E-state index in [1.807, 2.05) is 36.4 Å². The summed E-state index contributed by atoms with van der Waals surface area (Å²) in [6.07, 6.45) is 0.898. The van der Waals surface area contributed by atoms with Gasteiger partial charge in [-0.25, -0.2) is 4.39 Å². The predicted octanol–water partition coefficient (Wildman–Crippen LogP) is 3.18. The Morgan fingerprint density at radius 1 is 0.950 bits per heavy atom. The minimum atomic E-state index is -1.69. The molecule has 1 atom stereocenters. The summed E-state index contributed by atoms with van der Waals surface area (Å²) in [5.74, 6) is -0.0797. The lowest BCUT2D eigenvalue weighted by Crippen LogP contribution is -2.44. The van der Waals surface area contributed by atoms with E-state index >= 15 is 4.39 Å². The molecule has 3 rings (SSSR count). The van der Waals surface area contributed by atoms with Crippen molar-refractivity contribution in [2.75, 3.05) is 0 Å². The first kappa shape index (κ1) is 12.9. The Balaban J connectivity index is 2.10. The minimum absolute atomic E-state index is 0.0797. The highest BCUT2D eigenvalue weighted by molar-refractivity contribution is 5.79. The van der Waals surface area contributed by atoms with Crippen molar-refractivity contribution in [3.63, 3.8) is 0 Å². The van der Waals surface area contributed by atoms with E-state index in [1.165, 1.54) is 0 Å². The standard InChI is InChI=1S/C17H16FNO/c18-17(13-7-3-1-4-8-13,14-9-5-2-6-10-14)15-11-12-16(20)19-15/h1-10,15H,11-12H2,(H,19,20). The molecular weight excluding hydrogens is 253 g/mol. The molecule has 1 aliphatic rings. The Morgan fingerprint density at radius 3 is 1.85 bits per heavy atom. The van der Waals surface area contributed by atoms with Crippen LogP contribution in [0.4, 0.5) is 4.39 Å². The minimum Gasteiger partial charge on any atom is -0.349 e. The molecule has 2 nitrogen and oxygen atoms in total. The maximum Gasteiger partial charge on any atom is 0.220 e. The SMILES string of the molecule is O=C1CCC(C(F)(c2ccccc2)c2ccccc2)N1. The van der Waals surface area contributed by atoms with E-state index in [9.17, 15) is 4.79 Å². The molecule has 1 fully saturated rings. The number of alkyl halides is 1. The molecule has 102 valence electrons. The molecular formula is C17H16FNO. The van der Waals surface area contributed by atoms with Crippen LogP contribution in [0.2, 0.25) is 0 Å². The molecule has 1 N–H and O–H groups in total. The molecule has 3 heteroatoms. The van der Waals surface area contributed by atoms with Crippen molar-refractivity contribution >= 4 is 5.91 Å². The highest BCUT2D eigenvalue weighted by Gasteiger charge is 2.45. The second kappa shape index (κ2) is 5.08. The van der Waals surface area contributed by atoms with Gasteiger partial charge in [0.25, 0.3) is 0 Å². The number of benzene rings is 2. The van der Waals surface area contributed by atoms with E-state index in [2.05, 4.69) is 5.32 Å². The lowest BCUT2D eigenvalue weighted by molar-refractivity contribution is -0.119. The fourth-order valence-electron chi connectivity index (χ4n) is 2.84. The molecule has 2 aromatic carbocycles. The maximum atomic E-state index is 15.9. The summed E-state index contributed by atoms with van der Waals surface area (Å²) in [6, 6.07) is 17.6. The van der Waals surface area contributed by atoms with Crippen LogP contribution in [0.3, 0.4) is 0 Å². The monoisotopic (exact) mass is 269 g/mol. The van der Waals surface area contributed by atoms with E-state index in [0.717, 1.165) is 0 Å². The zero-order valence-electron chi connectivity index (χ0n) is 11.1. The zero-order valence-corrected chi connectivity index (χ0v) is 11.1. The van der Waals surface area contributed by atoms with E-state index in [-0.39, 0.29) is 5.91 Å². The summed E-state index contributed by atoms with van der Waals surface area (Å²) in [4.78, 5) is 11.5. The molecule has 0 saturated carbocycles. The topological polar surface area (TPSA) is 29.1 Å². The molecule has 0 bridgehead atoms. The predicted molar refractivity (Wildman–Crippen MR) is 75.9 cm³/mol. The van der Waals surface area contributed by atoms with Crippen LogP contribution >= 0.6 is 0 Å². The van der Waals surface area contributed by atoms with Gasteiger partial charge in [-0.1, -0.05) is 60.7 Å². The Hall–Kier alpha value is -2.16. The largest absolute Gasteiger partial charge is 0.349 e. The van der Waals surface area contributed by atoms with Crippen molar-refractivity contribution < 1.29 is 9.18 Å². The number of hydrogen-bond acceptors (Lipinski definition) is 1. The Bertz CT molecular complexity index is 557. The Labute approximate surface area is 117 Å². The molecule has 0 aromatic heterocycles. The molecule has 1 aliphatic heterocycles. The molecule has 0 spiro atoms. The van der Waals surface area contributed by atoms with Crippen molar-refractivity contribution in [3.8, 4) is 0 Å². The van der Waals surface area contributed by atoms with Gasteiger partial charge in [-0.3, -0.25) is 4.79 Å². The second-order valence-corrected chi connectivity index (χ2v) is 5.10. The van der Waals surface area contributed by atoms with Gasteiger partial charge in [-0.05, 0) is 17.5 Å². The fourth-order valence-corrected chi connectivity index (χ4v) is 2.84. The van der Waals surface area contributed by atoms with Crippen molar-refractivity contribution in [2.45, 2.75) is 24.6 Å². The number of nitrogens with one attached hydrogen (secondary N) is 1. The maximum absolute atomic E-state index is 15.9. The normalized spacial score (nSPS) is 18.9. The Kier molecular flexibility index (Phi) is 3.26. The van der Waals surface area contributed by atoms with Crippen LogP contribution in [0, 0.1) is 0 Å². The average molecular weight is 269 g/mol. The lowest BCUT2D eigenvalue weighted by atomic mass is 9.81. The van der Waals surface area contributed by atoms with Gasteiger partial charge < -0.3 is 5.32 Å². The summed E-state index contributed by atoms with van der Waals surface area (Å²) in [5, 5.41) is 2.78. The summed E-state index contributed by atoms with van der Waals surface area (Å²) in [6.45, 7) is 0. The van der Waals surface area contributed by atoms with Gasteiger partial charge in [0.2, 0.25) is 5.91 Å². The Morgan fingerprint density at radius 2 is 1.45 bits per heavy atom. The average Bonchev–Trinajstić information content (AvgIpc) is 2.95. The number of carbonyl (C=O) groups excluding carboxylic acids is 1. The second-order valence-electron chi connectivity index (χ2n) is 5.10. The third kappa shape index (κ3) is 2.09. The van der Waals surface area contributed by atoms with Crippen molar-refractivity contribution in [1.29, 1.82) is 0 Å². The van der Waals surface area contributed by atoms with E-state index in [1.54, 1.807) is 24.3 Å². The molecule has 20 heavy (non-hydrogen) atoms. The van der Waals surface area contributed by atoms with Gasteiger partial charge >= 0.3 is 0 Å². The highest BCUT2D eigenvalue weighted by Crippen LogP contribution is 2.40. The summed E-state index contributed by atoms with van der Waals surface area (Å²) >= 11 is 0. The number of hydrogen-bond donors (Lipinski definition) is 1. The number of rotatable bonds is 3. The molecule has 0 aliphatic carbocycles. The molecule has 1 heterocycles. The van der Waals surface area contributed by atoms with Crippen LogP contribution in [-0.4, -0.2) is 11.9 Å². The number of carbonyl (C=O) groups is 1. The van der Waals surface area contributed by atoms with Crippen molar-refractivity contribution in [3.05, 3.63) is 71.8 Å². The quantitative estimate of drug-likeness (QED) is 0.911. The fraction of sp³-hybridized carbons (Fsp3) is 0.235. The van der Waals surface area contributed by atoms with E-state index < -0.39 is 11.7 Å². The number of halogens is 1. The van der Waals surface area contributed by atoms with Gasteiger partial charge in [-0.2, -0.15) is 0 Å². The first-order valence-electron chi connectivity index (χ1n) is 6.80. The zero-order chi connectivity index (χ0) is 14.0. The lowest BCUT2D eigenvalue weighted by Gasteiger charge is -2.32. The highest BCUT2D eigenvalue weighted by atomic mass is 19.1. The van der Waals surface area contributed by atoms with Crippen LogP contribution in [0.15, 0.2) is 60.7 Å². The number of amides is 1. The molecule has 1 saturated heterocycles. The van der Waals surface area contributed by atoms with Gasteiger partial charge in [-0.15, -0.1) is 0 Å². The summed E-state index contributed by atoms with van der Waals surface area (Å²) < 4.78 is 15.9. The third-order valence-corrected chi connectivity index (χ3v) is 3.86. The van der Waals surface area contributed by atoms with Crippen LogP contribution in [-0.2, 0) is 10.5 Å². The van der Waals surface area contributed by atoms with E-state index in [4.69, 9.17) is 0 Å². The van der Waals surface area contributed by atoms with Crippen molar-refractivity contribution in [1.82, 2.24) is 5.32 Å². The van der Waals surface area contributed by atoms with Gasteiger partial charge in [0.1, 0.15) is 0 Å². The van der Waals surface area contributed by atoms with Crippen LogP contribution in [0.5, 0.6) is 0 Å². The van der Waals surface area contributed by atoms with Crippen LogP contribution in [0.25, 0.3) is 0 Å². The van der Waals surface area contributed by atoms with Crippen LogP contribution in [0.1, 0.15) is 24.0 Å². The van der Waals surface area contributed by atoms with Gasteiger partial charge in [0, 0.05) is 6.42 Å². The summed E-state index contributed by atoms with van der Waals surface area (Å²) in [5.41, 5.74) is -0.522. The third-order valence-electron chi connectivity index (χ3n) is 3.86. The van der Waals surface area contributed by atoms with Crippen molar-refractivity contribution in [2.24, 2.45) is 0 Å². The van der Waals surface area contributed by atoms with Crippen LogP contribution < -0.4 is 5.32 Å². The molecule has 0 radical (unpaired) electrons. The molecule has 2 aromatic rings. The molecule has 1 unspecified atom stereocenters. The summed E-state index contributed by atoms with van der Waals surface area (Å²) in [7, 11) is 0. The van der Waals surface area contributed by atoms with E-state index in [0.29, 0.717) is 24.0 Å². The molecule has 1 amide bonds.